The summed E-state index contributed by atoms with van der Waals surface area (Å²) in [6, 6.07) is 1.68. The molecule has 0 bridgehead atoms. The minimum atomic E-state index is -0.909. The average molecular weight is 299 g/mol. The lowest BCUT2D eigenvalue weighted by Crippen LogP contribution is -2.47. The molecule has 3 N–H and O–H groups in total. The minimum absolute atomic E-state index is 0.156. The molecular weight excluding hydrogens is 280 g/mol. The van der Waals surface area contributed by atoms with Crippen molar-refractivity contribution in [3.8, 4) is 0 Å². The Balaban J connectivity index is 1.96. The zero-order chi connectivity index (χ0) is 15.4. The molecule has 0 spiro atoms. The van der Waals surface area contributed by atoms with Crippen LogP contribution in [0.25, 0.3) is 0 Å². The lowest BCUT2D eigenvalue weighted by molar-refractivity contribution is -0.0246. The first-order chi connectivity index (χ1) is 10.0. The first-order valence-electron chi connectivity index (χ1n) is 6.88. The molecule has 2 rings (SSSR count). The number of nitrogens with zero attached hydrogens (tertiary/aromatic N) is 1. The summed E-state index contributed by atoms with van der Waals surface area (Å²) in [5, 5.41) is 2.56. The first kappa shape index (κ1) is 15.7. The maximum Gasteiger partial charge on any atom is 0.254 e. The Bertz CT molecular complexity index is 525. The van der Waals surface area contributed by atoms with Crippen LogP contribution >= 0.6 is 0 Å². The van der Waals surface area contributed by atoms with Crippen LogP contribution in [-0.4, -0.2) is 49.7 Å². The summed E-state index contributed by atoms with van der Waals surface area (Å²) in [6.07, 6.45) is -0.156. The van der Waals surface area contributed by atoms with Crippen molar-refractivity contribution in [3.05, 3.63) is 29.3 Å². The number of nitrogens with two attached hydrogens (primary N) is 1. The summed E-state index contributed by atoms with van der Waals surface area (Å²) < 4.78 is 32.4. The third-order valence-corrected chi connectivity index (χ3v) is 3.47. The zero-order valence-electron chi connectivity index (χ0n) is 11.9. The number of likely N-dealkylation sites (N-methyl/N-ethyl adjacent to an activating group) is 1. The molecule has 0 radical (unpaired) electrons. The number of hydrogen-bond donors (Lipinski definition) is 2. The summed E-state index contributed by atoms with van der Waals surface area (Å²) >= 11 is 0. The van der Waals surface area contributed by atoms with Gasteiger partial charge in [-0.2, -0.15) is 0 Å². The highest BCUT2D eigenvalue weighted by Gasteiger charge is 2.21. The van der Waals surface area contributed by atoms with Crippen molar-refractivity contribution in [2.75, 3.05) is 38.5 Å². The van der Waals surface area contributed by atoms with Gasteiger partial charge in [0.1, 0.15) is 5.82 Å². The number of nitrogens with one attached hydrogen (secondary N) is 1. The highest BCUT2D eigenvalue weighted by Crippen LogP contribution is 2.17. The van der Waals surface area contributed by atoms with Crippen LogP contribution in [0.4, 0.5) is 14.5 Å². The smallest absolute Gasteiger partial charge is 0.254 e. The van der Waals surface area contributed by atoms with Gasteiger partial charge in [-0.05, 0) is 18.7 Å². The molecule has 5 nitrogen and oxygen atoms in total. The van der Waals surface area contributed by atoms with Gasteiger partial charge in [0, 0.05) is 19.6 Å². The SMILES string of the molecule is CCN1CCOC(CNC(=O)c2cc(F)cc(N)c2F)C1. The quantitative estimate of drug-likeness (QED) is 0.814. The van der Waals surface area contributed by atoms with Crippen LogP contribution < -0.4 is 11.1 Å². The molecule has 1 fully saturated rings. The Morgan fingerprint density at radius 2 is 2.29 bits per heavy atom. The van der Waals surface area contributed by atoms with E-state index < -0.39 is 23.1 Å². The lowest BCUT2D eigenvalue weighted by Gasteiger charge is -2.32. The van der Waals surface area contributed by atoms with Crippen molar-refractivity contribution in [2.24, 2.45) is 0 Å². The van der Waals surface area contributed by atoms with Gasteiger partial charge in [0.2, 0.25) is 0 Å². The fourth-order valence-corrected chi connectivity index (χ4v) is 2.27. The van der Waals surface area contributed by atoms with E-state index in [0.29, 0.717) is 13.2 Å². The van der Waals surface area contributed by atoms with Crippen LogP contribution in [0.15, 0.2) is 12.1 Å². The van der Waals surface area contributed by atoms with Crippen molar-refractivity contribution < 1.29 is 18.3 Å². The monoisotopic (exact) mass is 299 g/mol. The molecule has 1 heterocycles. The van der Waals surface area contributed by atoms with Crippen molar-refractivity contribution in [1.29, 1.82) is 0 Å². The van der Waals surface area contributed by atoms with Gasteiger partial charge >= 0.3 is 0 Å². The molecule has 1 aliphatic rings. The molecule has 1 atom stereocenters. The van der Waals surface area contributed by atoms with Crippen molar-refractivity contribution in [3.63, 3.8) is 0 Å². The summed E-state index contributed by atoms with van der Waals surface area (Å²) in [5.74, 6) is -2.35. The van der Waals surface area contributed by atoms with Gasteiger partial charge in [-0.25, -0.2) is 8.78 Å². The molecule has 7 heteroatoms. The van der Waals surface area contributed by atoms with Crippen LogP contribution in [0, 0.1) is 11.6 Å². The largest absolute Gasteiger partial charge is 0.396 e. The van der Waals surface area contributed by atoms with Gasteiger partial charge in [-0.1, -0.05) is 6.92 Å². The fraction of sp³-hybridized carbons (Fsp3) is 0.500. The molecule has 21 heavy (non-hydrogen) atoms. The van der Waals surface area contributed by atoms with Crippen LogP contribution in [0.5, 0.6) is 0 Å². The molecule has 1 unspecified atom stereocenters. The van der Waals surface area contributed by atoms with Gasteiger partial charge in [0.15, 0.2) is 5.82 Å². The summed E-state index contributed by atoms with van der Waals surface area (Å²) in [4.78, 5) is 14.1. The Labute approximate surface area is 122 Å². The third-order valence-electron chi connectivity index (χ3n) is 3.47. The molecule has 116 valence electrons. The van der Waals surface area contributed by atoms with Gasteiger partial charge in [-0.3, -0.25) is 9.69 Å². The van der Waals surface area contributed by atoms with Gasteiger partial charge in [0.05, 0.1) is 24.0 Å². The second-order valence-electron chi connectivity index (χ2n) is 4.95. The maximum atomic E-state index is 13.7. The number of carbonyl (C=O) groups excluding carboxylic acids is 1. The molecule has 0 aliphatic carbocycles. The number of halogens is 2. The third kappa shape index (κ3) is 3.89. The number of ether oxygens (including phenoxy) is 1. The van der Waals surface area contributed by atoms with E-state index in [2.05, 4.69) is 10.2 Å². The van der Waals surface area contributed by atoms with E-state index >= 15 is 0 Å². The van der Waals surface area contributed by atoms with Crippen LogP contribution in [0.1, 0.15) is 17.3 Å². The highest BCUT2D eigenvalue weighted by atomic mass is 19.1. The highest BCUT2D eigenvalue weighted by molar-refractivity contribution is 5.95. The first-order valence-corrected chi connectivity index (χ1v) is 6.88. The number of hydrogen-bond acceptors (Lipinski definition) is 4. The van der Waals surface area contributed by atoms with Gasteiger partial charge < -0.3 is 15.8 Å². The Morgan fingerprint density at radius 1 is 1.52 bits per heavy atom. The molecular formula is C14H19F2N3O2. The zero-order valence-corrected chi connectivity index (χ0v) is 11.9. The number of morpholine rings is 1. The van der Waals surface area contributed by atoms with Crippen LogP contribution in [0.3, 0.4) is 0 Å². The standard InChI is InChI=1S/C14H19F2N3O2/c1-2-19-3-4-21-10(8-19)7-18-14(20)11-5-9(15)6-12(17)13(11)16/h5-6,10H,2-4,7-8,17H2,1H3,(H,18,20). The Morgan fingerprint density at radius 3 is 3.00 bits per heavy atom. The normalized spacial score (nSPS) is 19.5. The average Bonchev–Trinajstić information content (AvgIpc) is 2.48. The Kier molecular flexibility index (Phi) is 5.08. The van der Waals surface area contributed by atoms with E-state index in [1.165, 1.54) is 0 Å². The summed E-state index contributed by atoms with van der Waals surface area (Å²) in [5.41, 5.74) is 4.53. The van der Waals surface area contributed by atoms with Crippen molar-refractivity contribution in [2.45, 2.75) is 13.0 Å². The molecule has 0 aromatic heterocycles. The van der Waals surface area contributed by atoms with Crippen molar-refractivity contribution in [1.82, 2.24) is 10.2 Å². The minimum Gasteiger partial charge on any atom is -0.396 e. The molecule has 1 aliphatic heterocycles. The molecule has 1 aromatic rings. The van der Waals surface area contributed by atoms with E-state index in [4.69, 9.17) is 10.5 Å². The molecule has 1 saturated heterocycles. The van der Waals surface area contributed by atoms with E-state index in [1.807, 2.05) is 6.92 Å². The molecule has 1 aromatic carbocycles. The Hall–Kier alpha value is -1.73. The fourth-order valence-electron chi connectivity index (χ4n) is 2.27. The van der Waals surface area contributed by atoms with Gasteiger partial charge in [-0.15, -0.1) is 0 Å². The number of anilines is 1. The number of carbonyl (C=O) groups is 1. The van der Waals surface area contributed by atoms with E-state index in [1.54, 1.807) is 0 Å². The number of amides is 1. The number of rotatable bonds is 4. The maximum absolute atomic E-state index is 13.7. The number of benzene rings is 1. The predicted octanol–water partition coefficient (Wildman–Crippen LogP) is 0.997. The second-order valence-corrected chi connectivity index (χ2v) is 4.95. The predicted molar refractivity (Wildman–Crippen MR) is 75.0 cm³/mol. The van der Waals surface area contributed by atoms with Crippen LogP contribution in [-0.2, 0) is 4.74 Å². The summed E-state index contributed by atoms with van der Waals surface area (Å²) in [6.45, 7) is 5.34. The van der Waals surface area contributed by atoms with Crippen molar-refractivity contribution >= 4 is 11.6 Å². The molecule has 0 saturated carbocycles. The van der Waals surface area contributed by atoms with Gasteiger partial charge in [0.25, 0.3) is 5.91 Å². The van der Waals surface area contributed by atoms with E-state index in [0.717, 1.165) is 25.2 Å². The second kappa shape index (κ2) is 6.82. The number of nitrogen functional groups attached to an aromatic ring is 1. The topological polar surface area (TPSA) is 67.6 Å². The lowest BCUT2D eigenvalue weighted by atomic mass is 10.1. The van der Waals surface area contributed by atoms with E-state index in [-0.39, 0.29) is 18.3 Å². The molecule has 1 amide bonds. The van der Waals surface area contributed by atoms with E-state index in [9.17, 15) is 13.6 Å². The van der Waals surface area contributed by atoms with Crippen LogP contribution in [0.2, 0.25) is 0 Å². The summed E-state index contributed by atoms with van der Waals surface area (Å²) in [7, 11) is 0.